The van der Waals surface area contributed by atoms with Gasteiger partial charge in [-0.2, -0.15) is 10.2 Å². The lowest BCUT2D eigenvalue weighted by Gasteiger charge is -2.21. The van der Waals surface area contributed by atoms with Gasteiger partial charge in [0.25, 0.3) is 5.91 Å². The molecule has 0 fully saturated rings. The van der Waals surface area contributed by atoms with Gasteiger partial charge in [0.15, 0.2) is 0 Å². The molecular weight excluding hydrogens is 364 g/mol. The van der Waals surface area contributed by atoms with Crippen molar-refractivity contribution in [2.24, 2.45) is 15.9 Å². The molecule has 0 bridgehead atoms. The number of carbonyl (C=O) groups is 1. The number of hydrogen-bond donors (Lipinski definition) is 3. The van der Waals surface area contributed by atoms with Crippen molar-refractivity contribution in [2.45, 2.75) is 0 Å². The van der Waals surface area contributed by atoms with Gasteiger partial charge in [-0.15, -0.1) is 0 Å². The number of nitrogens with zero attached hydrogens (tertiary/aromatic N) is 5. The van der Waals surface area contributed by atoms with Gasteiger partial charge in [-0.3, -0.25) is 4.79 Å². The van der Waals surface area contributed by atoms with Crippen LogP contribution in [-0.4, -0.2) is 29.2 Å². The molecule has 28 heavy (non-hydrogen) atoms. The number of nitrogens with one attached hydrogen (secondary N) is 1. The second-order valence-corrected chi connectivity index (χ2v) is 5.27. The normalized spacial score (nSPS) is 11.9. The summed E-state index contributed by atoms with van der Waals surface area (Å²) in [5, 5.41) is 16.0. The van der Waals surface area contributed by atoms with Crippen LogP contribution >= 0.6 is 0 Å². The Labute approximate surface area is 158 Å². The number of aromatic nitrogens is 2. The van der Waals surface area contributed by atoms with Crippen molar-refractivity contribution in [3.8, 4) is 0 Å². The number of anilines is 2. The zero-order valence-corrected chi connectivity index (χ0v) is 14.5. The van der Waals surface area contributed by atoms with Crippen molar-refractivity contribution in [3.63, 3.8) is 0 Å². The van der Waals surface area contributed by atoms with Gasteiger partial charge in [0.1, 0.15) is 17.2 Å². The largest absolute Gasteiger partial charge is 0.463 e. The molecule has 1 aromatic carbocycles. The molecule has 2 aromatic heterocycles. The Morgan fingerprint density at radius 2 is 2.00 bits per heavy atom. The Hall–Kier alpha value is -4.41. The maximum atomic E-state index is 12.5. The van der Waals surface area contributed by atoms with E-state index in [9.17, 15) is 4.79 Å². The van der Waals surface area contributed by atoms with Crippen LogP contribution in [0.25, 0.3) is 5.70 Å². The Bertz CT molecular complexity index is 1010. The molecule has 0 aliphatic heterocycles. The number of rotatable bonds is 7. The molecule has 1 amide bonds. The third-order valence-corrected chi connectivity index (χ3v) is 3.50. The monoisotopic (exact) mass is 380 g/mol. The first kappa shape index (κ1) is 18.4. The highest BCUT2D eigenvalue weighted by Crippen LogP contribution is 2.29. The molecule has 11 heteroatoms. The molecule has 0 spiro atoms. The minimum absolute atomic E-state index is 0.0312. The Balaban J connectivity index is 1.98. The third kappa shape index (κ3) is 3.88. The van der Waals surface area contributed by atoms with Crippen LogP contribution in [0.3, 0.4) is 0 Å². The number of nitrogens with two attached hydrogens (primary N) is 2. The summed E-state index contributed by atoms with van der Waals surface area (Å²) in [6.45, 7) is 3.49. The summed E-state index contributed by atoms with van der Waals surface area (Å²) < 4.78 is 9.70. The maximum absolute atomic E-state index is 12.5. The van der Waals surface area contributed by atoms with Crippen LogP contribution in [0.15, 0.2) is 73.7 Å². The molecule has 3 rings (SSSR count). The second-order valence-electron chi connectivity index (χ2n) is 5.27. The fourth-order valence-electron chi connectivity index (χ4n) is 2.26. The number of carbonyl (C=O) groups excluding carboxylic acids is 1. The number of amides is 1. The van der Waals surface area contributed by atoms with E-state index in [1.165, 1.54) is 12.5 Å². The molecular formula is C17H16N8O3. The summed E-state index contributed by atoms with van der Waals surface area (Å²) >= 11 is 0. The van der Waals surface area contributed by atoms with E-state index in [0.717, 1.165) is 5.01 Å². The topological polar surface area (TPSA) is 161 Å². The molecule has 0 radical (unpaired) electrons. The van der Waals surface area contributed by atoms with Crippen LogP contribution in [0.4, 0.5) is 11.6 Å². The molecule has 5 N–H and O–H groups in total. The molecule has 3 aromatic rings. The quantitative estimate of drug-likeness (QED) is 0.312. The van der Waals surface area contributed by atoms with E-state index < -0.39 is 5.91 Å². The van der Waals surface area contributed by atoms with E-state index >= 15 is 0 Å². The summed E-state index contributed by atoms with van der Waals surface area (Å²) in [5.74, 6) is -0.249. The molecule has 0 aliphatic rings. The van der Waals surface area contributed by atoms with Crippen molar-refractivity contribution < 1.29 is 13.8 Å². The summed E-state index contributed by atoms with van der Waals surface area (Å²) in [4.78, 5) is 12.5. The second kappa shape index (κ2) is 8.31. The van der Waals surface area contributed by atoms with E-state index in [1.807, 2.05) is 6.07 Å². The minimum Gasteiger partial charge on any atom is -0.463 e. The zero-order chi connectivity index (χ0) is 19.9. The number of benzene rings is 1. The van der Waals surface area contributed by atoms with Crippen LogP contribution in [0, 0.1) is 0 Å². The van der Waals surface area contributed by atoms with E-state index in [2.05, 4.69) is 37.3 Å². The number of hydrogen-bond acceptors (Lipinski definition) is 10. The molecule has 0 aliphatic carbocycles. The van der Waals surface area contributed by atoms with Gasteiger partial charge in [0.2, 0.25) is 11.6 Å². The molecule has 11 nitrogen and oxygen atoms in total. The smallest absolute Gasteiger partial charge is 0.289 e. The summed E-state index contributed by atoms with van der Waals surface area (Å²) in [6.07, 6.45) is 2.81. The van der Waals surface area contributed by atoms with Crippen molar-refractivity contribution in [1.29, 1.82) is 0 Å². The first-order valence-electron chi connectivity index (χ1n) is 7.88. The van der Waals surface area contributed by atoms with Gasteiger partial charge in [-0.1, -0.05) is 30.3 Å². The van der Waals surface area contributed by atoms with E-state index in [1.54, 1.807) is 36.4 Å². The van der Waals surface area contributed by atoms with Gasteiger partial charge < -0.3 is 15.9 Å². The minimum atomic E-state index is -0.690. The lowest BCUT2D eigenvalue weighted by Crippen LogP contribution is -2.30. The first-order chi connectivity index (χ1) is 13.6. The fraction of sp³-hybridized carbons (Fsp3) is 0. The van der Waals surface area contributed by atoms with Gasteiger partial charge in [0.05, 0.1) is 12.5 Å². The first-order valence-corrected chi connectivity index (χ1v) is 7.88. The van der Waals surface area contributed by atoms with E-state index in [0.29, 0.717) is 11.3 Å². The van der Waals surface area contributed by atoms with Crippen LogP contribution in [0.1, 0.15) is 11.3 Å². The summed E-state index contributed by atoms with van der Waals surface area (Å²) in [6, 6.07) is 12.2. The van der Waals surface area contributed by atoms with Gasteiger partial charge in [0, 0.05) is 12.3 Å². The predicted octanol–water partition coefficient (Wildman–Crippen LogP) is 1.14. The zero-order valence-electron chi connectivity index (χ0n) is 14.5. The lowest BCUT2D eigenvalue weighted by molar-refractivity contribution is -0.117. The molecule has 0 saturated carbocycles. The van der Waals surface area contributed by atoms with E-state index in [4.69, 9.17) is 15.9 Å². The number of nitrogen functional groups attached to an aromatic ring is 1. The standard InChI is InChI=1S/C17H16N8O3/c1-20-25(16-15(19)23-28-24-16)14(11-6-3-2-4-7-11)13(18)17(26)22-21-10-12-8-5-9-27-12/h2-10H,1,18H2,(H2,19,23)(H,22,26)/b14-13-,21-10+. The van der Waals surface area contributed by atoms with Crippen molar-refractivity contribution in [3.05, 3.63) is 65.7 Å². The Morgan fingerprint density at radius 1 is 1.21 bits per heavy atom. The number of hydrazone groups is 2. The average Bonchev–Trinajstić information content (AvgIpc) is 3.38. The molecule has 0 atom stereocenters. The Kier molecular flexibility index (Phi) is 5.46. The molecule has 0 unspecified atom stereocenters. The highest BCUT2D eigenvalue weighted by molar-refractivity contribution is 6.03. The van der Waals surface area contributed by atoms with Crippen molar-refractivity contribution in [1.82, 2.24) is 15.7 Å². The molecule has 2 heterocycles. The summed E-state index contributed by atoms with van der Waals surface area (Å²) in [5.41, 5.74) is 14.7. The highest BCUT2D eigenvalue weighted by Gasteiger charge is 2.25. The molecule has 142 valence electrons. The van der Waals surface area contributed by atoms with Crippen LogP contribution in [0.2, 0.25) is 0 Å². The van der Waals surface area contributed by atoms with E-state index in [-0.39, 0.29) is 23.0 Å². The van der Waals surface area contributed by atoms with Gasteiger partial charge in [-0.05, 0) is 22.4 Å². The summed E-state index contributed by atoms with van der Waals surface area (Å²) in [7, 11) is 0. The average molecular weight is 380 g/mol. The van der Waals surface area contributed by atoms with Gasteiger partial charge >= 0.3 is 0 Å². The predicted molar refractivity (Wildman–Crippen MR) is 103 cm³/mol. The fourth-order valence-corrected chi connectivity index (χ4v) is 2.26. The van der Waals surface area contributed by atoms with Crippen molar-refractivity contribution in [2.75, 3.05) is 10.7 Å². The SMILES string of the molecule is C=NN(/C(=C(\N)C(=O)N/N=C/c1ccco1)c1ccccc1)c1nonc1N. The lowest BCUT2D eigenvalue weighted by atomic mass is 10.1. The van der Waals surface area contributed by atoms with Crippen molar-refractivity contribution >= 4 is 36.2 Å². The van der Waals surface area contributed by atoms with Crippen LogP contribution in [0.5, 0.6) is 0 Å². The van der Waals surface area contributed by atoms with Crippen LogP contribution < -0.4 is 21.9 Å². The molecule has 0 saturated heterocycles. The van der Waals surface area contributed by atoms with Crippen LogP contribution in [-0.2, 0) is 4.79 Å². The third-order valence-electron chi connectivity index (χ3n) is 3.50. The van der Waals surface area contributed by atoms with Gasteiger partial charge in [-0.25, -0.2) is 15.1 Å². The number of furan rings is 1. The highest BCUT2D eigenvalue weighted by atomic mass is 16.6. The Morgan fingerprint density at radius 3 is 2.61 bits per heavy atom. The maximum Gasteiger partial charge on any atom is 0.289 e.